The molecule has 0 aliphatic rings. The zero-order chi connectivity index (χ0) is 22.3. The minimum atomic E-state index is -3.81. The number of carbonyl (C=O) groups excluding carboxylic acids is 2. The van der Waals surface area contributed by atoms with E-state index in [-0.39, 0.29) is 22.1 Å². The molecule has 164 valence electrons. The highest BCUT2D eigenvalue weighted by atomic mass is 32.2. The van der Waals surface area contributed by atoms with Gasteiger partial charge in [-0.2, -0.15) is 4.31 Å². The fourth-order valence-corrected chi connectivity index (χ4v) is 4.37. The average molecular weight is 438 g/mol. The molecular weight excluding hydrogens is 410 g/mol. The molecule has 1 atom stereocenters. The molecule has 2 aromatic rings. The smallest absolute Gasteiger partial charge is 0.287 e. The molecule has 0 aliphatic carbocycles. The largest absolute Gasteiger partial charge is 0.492 e. The first-order chi connectivity index (χ1) is 14.2. The maximum atomic E-state index is 13.0. The number of anilines is 1. The van der Waals surface area contributed by atoms with Crippen molar-refractivity contribution in [2.45, 2.75) is 38.6 Å². The molecule has 0 saturated carbocycles. The van der Waals surface area contributed by atoms with E-state index in [4.69, 9.17) is 9.15 Å². The Labute approximate surface area is 176 Å². The van der Waals surface area contributed by atoms with Gasteiger partial charge in [-0.1, -0.05) is 13.8 Å². The summed E-state index contributed by atoms with van der Waals surface area (Å²) in [5.74, 6) is -0.741. The van der Waals surface area contributed by atoms with Crippen molar-refractivity contribution < 1.29 is 27.2 Å². The van der Waals surface area contributed by atoms with E-state index in [1.807, 2.05) is 0 Å². The monoisotopic (exact) mass is 437 g/mol. The van der Waals surface area contributed by atoms with Crippen LogP contribution in [-0.4, -0.2) is 50.3 Å². The molecule has 1 heterocycles. The van der Waals surface area contributed by atoms with Gasteiger partial charge < -0.3 is 19.8 Å². The number of nitrogens with one attached hydrogen (secondary N) is 2. The molecule has 0 radical (unpaired) electrons. The summed E-state index contributed by atoms with van der Waals surface area (Å²) in [5.41, 5.74) is 0.272. The number of carbonyl (C=O) groups is 2. The summed E-state index contributed by atoms with van der Waals surface area (Å²) in [6.45, 7) is 7.66. The minimum Gasteiger partial charge on any atom is -0.492 e. The van der Waals surface area contributed by atoms with E-state index >= 15 is 0 Å². The highest BCUT2D eigenvalue weighted by Crippen LogP contribution is 2.30. The topological polar surface area (TPSA) is 118 Å². The van der Waals surface area contributed by atoms with E-state index in [0.717, 1.165) is 0 Å². The highest BCUT2D eigenvalue weighted by molar-refractivity contribution is 7.89. The highest BCUT2D eigenvalue weighted by Gasteiger charge is 2.27. The average Bonchev–Trinajstić information content (AvgIpc) is 3.25. The molecule has 0 saturated heterocycles. The molecule has 10 heteroatoms. The van der Waals surface area contributed by atoms with Gasteiger partial charge >= 0.3 is 0 Å². The summed E-state index contributed by atoms with van der Waals surface area (Å²) < 4.78 is 37.8. The number of ether oxygens (including phenoxy) is 1. The first-order valence-electron chi connectivity index (χ1n) is 9.66. The fourth-order valence-electron chi connectivity index (χ4n) is 2.76. The second-order valence-electron chi connectivity index (χ2n) is 6.35. The lowest BCUT2D eigenvalue weighted by atomic mass is 10.2. The lowest BCUT2D eigenvalue weighted by Crippen LogP contribution is -2.41. The standard InChI is InChI=1S/C20H27N3O6S/c1-5-23(6-2)30(26,27)18-13-15(10-11-16(18)28-7-3)22-19(24)14(4)21-20(25)17-9-8-12-29-17/h8-14H,5-7H2,1-4H3,(H,21,25)(H,22,24). The molecule has 1 aromatic carbocycles. The van der Waals surface area contributed by atoms with Crippen molar-refractivity contribution >= 4 is 27.5 Å². The van der Waals surface area contributed by atoms with Gasteiger partial charge in [0.15, 0.2) is 5.76 Å². The van der Waals surface area contributed by atoms with Crippen molar-refractivity contribution in [3.8, 4) is 5.75 Å². The Morgan fingerprint density at radius 2 is 1.87 bits per heavy atom. The van der Waals surface area contributed by atoms with Gasteiger partial charge in [-0.25, -0.2) is 8.42 Å². The van der Waals surface area contributed by atoms with Gasteiger partial charge in [-0.15, -0.1) is 0 Å². The second-order valence-corrected chi connectivity index (χ2v) is 8.25. The van der Waals surface area contributed by atoms with Crippen molar-refractivity contribution in [1.29, 1.82) is 0 Å². The second kappa shape index (κ2) is 10.3. The number of benzene rings is 1. The minimum absolute atomic E-state index is 0.0295. The van der Waals surface area contributed by atoms with E-state index in [0.29, 0.717) is 19.7 Å². The van der Waals surface area contributed by atoms with E-state index in [2.05, 4.69) is 10.6 Å². The van der Waals surface area contributed by atoms with Gasteiger partial charge in [0.05, 0.1) is 12.9 Å². The van der Waals surface area contributed by atoms with Crippen LogP contribution in [-0.2, 0) is 14.8 Å². The van der Waals surface area contributed by atoms with E-state index in [9.17, 15) is 18.0 Å². The van der Waals surface area contributed by atoms with E-state index in [1.54, 1.807) is 32.9 Å². The number of amides is 2. The van der Waals surface area contributed by atoms with Gasteiger partial charge in [0.2, 0.25) is 15.9 Å². The van der Waals surface area contributed by atoms with Gasteiger partial charge in [0.25, 0.3) is 5.91 Å². The molecule has 2 amide bonds. The third-order valence-corrected chi connectivity index (χ3v) is 6.39. The molecule has 0 aliphatic heterocycles. The lowest BCUT2D eigenvalue weighted by molar-refractivity contribution is -0.117. The van der Waals surface area contributed by atoms with Crippen LogP contribution in [0.25, 0.3) is 0 Å². The lowest BCUT2D eigenvalue weighted by Gasteiger charge is -2.21. The summed E-state index contributed by atoms with van der Waals surface area (Å²) in [6, 6.07) is 6.58. The molecule has 0 bridgehead atoms. The van der Waals surface area contributed by atoms with Gasteiger partial charge in [-0.3, -0.25) is 9.59 Å². The van der Waals surface area contributed by atoms with Crippen molar-refractivity contribution in [3.63, 3.8) is 0 Å². The van der Waals surface area contributed by atoms with Crippen molar-refractivity contribution in [2.75, 3.05) is 25.0 Å². The normalized spacial score (nSPS) is 12.4. The molecule has 0 fully saturated rings. The Balaban J connectivity index is 2.23. The predicted molar refractivity (Wildman–Crippen MR) is 112 cm³/mol. The van der Waals surface area contributed by atoms with Crippen molar-refractivity contribution in [1.82, 2.24) is 9.62 Å². The number of sulfonamides is 1. The zero-order valence-corrected chi connectivity index (χ0v) is 18.3. The molecule has 2 N–H and O–H groups in total. The van der Waals surface area contributed by atoms with Crippen LogP contribution < -0.4 is 15.4 Å². The van der Waals surface area contributed by atoms with Crippen LogP contribution in [0, 0.1) is 0 Å². The van der Waals surface area contributed by atoms with Gasteiger partial charge in [-0.05, 0) is 44.2 Å². The predicted octanol–water partition coefficient (Wildman–Crippen LogP) is 2.47. The number of rotatable bonds is 10. The third kappa shape index (κ3) is 5.39. The molecule has 1 aromatic heterocycles. The Hall–Kier alpha value is -2.85. The Morgan fingerprint density at radius 3 is 2.43 bits per heavy atom. The Morgan fingerprint density at radius 1 is 1.17 bits per heavy atom. The van der Waals surface area contributed by atoms with Crippen LogP contribution >= 0.6 is 0 Å². The quantitative estimate of drug-likeness (QED) is 0.590. The Bertz CT molecular complexity index is 968. The summed E-state index contributed by atoms with van der Waals surface area (Å²) in [7, 11) is -3.81. The van der Waals surface area contributed by atoms with Crippen LogP contribution in [0.15, 0.2) is 45.9 Å². The maximum Gasteiger partial charge on any atom is 0.287 e. The zero-order valence-electron chi connectivity index (χ0n) is 17.5. The molecule has 0 spiro atoms. The molecular formula is C20H27N3O6S. The van der Waals surface area contributed by atoms with E-state index in [1.165, 1.54) is 35.7 Å². The molecule has 30 heavy (non-hydrogen) atoms. The van der Waals surface area contributed by atoms with Crippen LogP contribution in [0.5, 0.6) is 5.75 Å². The van der Waals surface area contributed by atoms with Crippen LogP contribution in [0.3, 0.4) is 0 Å². The van der Waals surface area contributed by atoms with E-state index < -0.39 is 27.9 Å². The number of furan rings is 1. The summed E-state index contributed by atoms with van der Waals surface area (Å²) in [4.78, 5) is 24.5. The van der Waals surface area contributed by atoms with Gasteiger partial charge in [0.1, 0.15) is 16.7 Å². The number of hydrogen-bond donors (Lipinski definition) is 2. The number of nitrogens with zero attached hydrogens (tertiary/aromatic N) is 1. The van der Waals surface area contributed by atoms with Crippen molar-refractivity contribution in [2.24, 2.45) is 0 Å². The summed E-state index contributed by atoms with van der Waals surface area (Å²) >= 11 is 0. The van der Waals surface area contributed by atoms with Gasteiger partial charge in [0, 0.05) is 18.8 Å². The third-order valence-electron chi connectivity index (χ3n) is 4.32. The van der Waals surface area contributed by atoms with Crippen LogP contribution in [0.1, 0.15) is 38.2 Å². The first-order valence-corrected chi connectivity index (χ1v) is 11.1. The number of hydrogen-bond acceptors (Lipinski definition) is 6. The summed E-state index contributed by atoms with van der Waals surface area (Å²) in [5, 5.41) is 5.15. The van der Waals surface area contributed by atoms with Crippen molar-refractivity contribution in [3.05, 3.63) is 42.4 Å². The molecule has 9 nitrogen and oxygen atoms in total. The molecule has 2 rings (SSSR count). The summed E-state index contributed by atoms with van der Waals surface area (Å²) in [6.07, 6.45) is 1.36. The molecule has 1 unspecified atom stereocenters. The Kier molecular flexibility index (Phi) is 8.01. The SMILES string of the molecule is CCOc1ccc(NC(=O)C(C)NC(=O)c2ccco2)cc1S(=O)(=O)N(CC)CC. The van der Waals surface area contributed by atoms with Crippen LogP contribution in [0.4, 0.5) is 5.69 Å². The fraction of sp³-hybridized carbons (Fsp3) is 0.400. The van der Waals surface area contributed by atoms with Crippen LogP contribution in [0.2, 0.25) is 0 Å². The first kappa shape index (κ1) is 23.4. The maximum absolute atomic E-state index is 13.0.